The first-order valence-corrected chi connectivity index (χ1v) is 10.2. The first-order chi connectivity index (χ1) is 13.5. The molecule has 1 unspecified atom stereocenters. The Hall–Kier alpha value is -2.24. The molecule has 6 heteroatoms. The highest BCUT2D eigenvalue weighted by Crippen LogP contribution is 2.60. The van der Waals surface area contributed by atoms with Gasteiger partial charge in [-0.05, 0) is 68.4 Å². The smallest absolute Gasteiger partial charge is 0.351 e. The molecule has 1 aromatic carbocycles. The summed E-state index contributed by atoms with van der Waals surface area (Å²) in [5.74, 6) is 1.15. The largest absolute Gasteiger partial charge is 0.455 e. The van der Waals surface area contributed by atoms with E-state index in [0.29, 0.717) is 29.0 Å². The Balaban J connectivity index is 1.17. The molecule has 1 aromatic rings. The zero-order valence-electron chi connectivity index (χ0n) is 15.7. The first-order valence-electron chi connectivity index (χ1n) is 10.2. The highest BCUT2D eigenvalue weighted by molar-refractivity contribution is 6.03. The fourth-order valence-corrected chi connectivity index (χ4v) is 6.18. The minimum absolute atomic E-state index is 0.0734. The minimum Gasteiger partial charge on any atom is -0.455 e. The molecule has 4 aliphatic carbocycles. The Morgan fingerprint density at radius 3 is 2.46 bits per heavy atom. The number of rotatable bonds is 5. The third-order valence-corrected chi connectivity index (χ3v) is 7.06. The summed E-state index contributed by atoms with van der Waals surface area (Å²) in [7, 11) is 0. The van der Waals surface area contributed by atoms with Gasteiger partial charge in [0, 0.05) is 17.4 Å². The van der Waals surface area contributed by atoms with Crippen LogP contribution in [0.2, 0.25) is 0 Å². The fraction of sp³-hybridized carbons (Fsp3) is 0.591. The van der Waals surface area contributed by atoms with Gasteiger partial charge in [-0.25, -0.2) is 9.18 Å². The summed E-state index contributed by atoms with van der Waals surface area (Å²) in [5.41, 5.74) is 0.822. The molecule has 0 saturated heterocycles. The Kier molecular flexibility index (Phi) is 4.25. The van der Waals surface area contributed by atoms with E-state index >= 15 is 0 Å². The van der Waals surface area contributed by atoms with Crippen LogP contribution in [-0.2, 0) is 19.2 Å². The summed E-state index contributed by atoms with van der Waals surface area (Å²) in [6, 6.07) is 6.01. The molecule has 5 nitrogen and oxygen atoms in total. The van der Waals surface area contributed by atoms with Crippen LogP contribution in [0.5, 0.6) is 0 Å². The lowest BCUT2D eigenvalue weighted by Crippen LogP contribution is -2.51. The molecule has 5 aliphatic rings. The maximum Gasteiger partial charge on any atom is 0.351 e. The second kappa shape index (κ2) is 6.68. The van der Waals surface area contributed by atoms with Gasteiger partial charge in [-0.15, -0.1) is 0 Å². The molecule has 4 fully saturated rings. The van der Waals surface area contributed by atoms with Crippen LogP contribution >= 0.6 is 0 Å². The van der Waals surface area contributed by atoms with Crippen LogP contribution in [0.1, 0.15) is 50.5 Å². The number of ether oxygens (including phenoxy) is 1. The summed E-state index contributed by atoms with van der Waals surface area (Å²) in [6.07, 6.45) is 6.02. The lowest BCUT2D eigenvalue weighted by atomic mass is 9.48. The molecule has 0 radical (unpaired) electrons. The fourth-order valence-electron chi connectivity index (χ4n) is 6.18. The van der Waals surface area contributed by atoms with Crippen LogP contribution in [-0.4, -0.2) is 30.2 Å². The molecule has 1 heterocycles. The van der Waals surface area contributed by atoms with E-state index in [0.717, 1.165) is 19.3 Å². The monoisotopic (exact) mass is 385 g/mol. The number of carbonyl (C=O) groups excluding carboxylic acids is 2. The SMILES string of the molecule is O=C(OCC(=O)C12CC3CC(CC(C3)C1)C2)C1CC(c2cccc(F)c2)=NO1. The van der Waals surface area contributed by atoms with Gasteiger partial charge >= 0.3 is 5.97 Å². The zero-order chi connectivity index (χ0) is 19.3. The number of ketones is 1. The highest BCUT2D eigenvalue weighted by Gasteiger charge is 2.54. The third kappa shape index (κ3) is 3.12. The van der Waals surface area contributed by atoms with Crippen LogP contribution in [0, 0.1) is 29.0 Å². The van der Waals surface area contributed by atoms with E-state index in [1.165, 1.54) is 31.4 Å². The van der Waals surface area contributed by atoms with E-state index < -0.39 is 12.1 Å². The van der Waals surface area contributed by atoms with Crippen LogP contribution in [0.4, 0.5) is 4.39 Å². The van der Waals surface area contributed by atoms with Crippen LogP contribution in [0.15, 0.2) is 29.4 Å². The van der Waals surface area contributed by atoms with Crippen molar-refractivity contribution in [2.24, 2.45) is 28.3 Å². The number of hydrogen-bond donors (Lipinski definition) is 0. The van der Waals surface area contributed by atoms with Crippen molar-refractivity contribution in [3.8, 4) is 0 Å². The van der Waals surface area contributed by atoms with Gasteiger partial charge in [0.25, 0.3) is 0 Å². The van der Waals surface area contributed by atoms with E-state index in [1.807, 2.05) is 0 Å². The summed E-state index contributed by atoms with van der Waals surface area (Å²) >= 11 is 0. The third-order valence-electron chi connectivity index (χ3n) is 7.06. The number of halogens is 1. The lowest BCUT2D eigenvalue weighted by molar-refractivity contribution is -0.164. The molecule has 0 spiro atoms. The summed E-state index contributed by atoms with van der Waals surface area (Å²) in [4.78, 5) is 30.5. The topological polar surface area (TPSA) is 65.0 Å². The molecule has 0 aromatic heterocycles. The predicted molar refractivity (Wildman–Crippen MR) is 99.0 cm³/mol. The maximum atomic E-state index is 13.4. The number of oxime groups is 1. The molecule has 0 amide bonds. The Morgan fingerprint density at radius 1 is 1.14 bits per heavy atom. The molecule has 4 saturated carbocycles. The van der Waals surface area contributed by atoms with Gasteiger partial charge in [-0.3, -0.25) is 4.79 Å². The number of hydrogen-bond acceptors (Lipinski definition) is 5. The molecule has 1 aliphatic heterocycles. The molecule has 4 bridgehead atoms. The number of carbonyl (C=O) groups is 2. The molecular formula is C22H24FNO4. The highest BCUT2D eigenvalue weighted by atomic mass is 19.1. The van der Waals surface area contributed by atoms with Crippen LogP contribution < -0.4 is 0 Å². The van der Waals surface area contributed by atoms with Gasteiger partial charge in [-0.1, -0.05) is 17.3 Å². The lowest BCUT2D eigenvalue weighted by Gasteiger charge is -2.55. The van der Waals surface area contributed by atoms with E-state index in [4.69, 9.17) is 9.57 Å². The Morgan fingerprint density at radius 2 is 1.82 bits per heavy atom. The summed E-state index contributed by atoms with van der Waals surface area (Å²) in [5, 5.41) is 3.90. The van der Waals surface area contributed by atoms with Crippen LogP contribution in [0.25, 0.3) is 0 Å². The van der Waals surface area contributed by atoms with E-state index in [2.05, 4.69) is 5.16 Å². The van der Waals surface area contributed by atoms with Gasteiger partial charge in [0.15, 0.2) is 12.4 Å². The number of Topliss-reactive ketones (excluding diaryl/α,β-unsaturated/α-hetero) is 1. The van der Waals surface area contributed by atoms with Gasteiger partial charge in [0.2, 0.25) is 6.10 Å². The van der Waals surface area contributed by atoms with Crippen molar-refractivity contribution in [2.75, 3.05) is 6.61 Å². The number of nitrogens with zero attached hydrogens (tertiary/aromatic N) is 1. The Labute approximate surface area is 163 Å². The van der Waals surface area contributed by atoms with Crippen molar-refractivity contribution in [1.29, 1.82) is 0 Å². The standard InChI is InChI=1S/C22H24FNO4/c23-17-3-1-2-16(7-17)18-8-19(28-24-18)21(26)27-12-20(25)22-9-13-4-14(10-22)6-15(5-13)11-22/h1-3,7,13-15,19H,4-6,8-12H2. The quantitative estimate of drug-likeness (QED) is 0.726. The maximum absolute atomic E-state index is 13.4. The van der Waals surface area contributed by atoms with Gasteiger partial charge in [0.05, 0.1) is 5.71 Å². The second-order valence-electron chi connectivity index (χ2n) is 9.08. The zero-order valence-corrected chi connectivity index (χ0v) is 15.7. The molecule has 148 valence electrons. The van der Waals surface area contributed by atoms with Gasteiger partial charge in [-0.2, -0.15) is 0 Å². The number of benzene rings is 1. The molecule has 6 rings (SSSR count). The van der Waals surface area contributed by atoms with Crippen molar-refractivity contribution in [3.05, 3.63) is 35.6 Å². The second-order valence-corrected chi connectivity index (χ2v) is 9.08. The van der Waals surface area contributed by atoms with Crippen LogP contribution in [0.3, 0.4) is 0 Å². The predicted octanol–water partition coefficient (Wildman–Crippen LogP) is 3.65. The molecule has 0 N–H and O–H groups in total. The van der Waals surface area contributed by atoms with Gasteiger partial charge in [0.1, 0.15) is 5.82 Å². The van der Waals surface area contributed by atoms with E-state index in [1.54, 1.807) is 12.1 Å². The van der Waals surface area contributed by atoms with E-state index in [9.17, 15) is 14.0 Å². The van der Waals surface area contributed by atoms with Crippen molar-refractivity contribution >= 4 is 17.5 Å². The minimum atomic E-state index is -0.873. The summed E-state index contributed by atoms with van der Waals surface area (Å²) < 4.78 is 18.7. The van der Waals surface area contributed by atoms with Crippen molar-refractivity contribution in [2.45, 2.75) is 51.0 Å². The normalized spacial score (nSPS) is 35.4. The molecular weight excluding hydrogens is 361 g/mol. The number of esters is 1. The first kappa shape index (κ1) is 17.8. The average molecular weight is 385 g/mol. The van der Waals surface area contributed by atoms with E-state index in [-0.39, 0.29) is 30.0 Å². The van der Waals surface area contributed by atoms with Crippen molar-refractivity contribution in [1.82, 2.24) is 0 Å². The van der Waals surface area contributed by atoms with Crippen molar-refractivity contribution in [3.63, 3.8) is 0 Å². The van der Waals surface area contributed by atoms with Crippen molar-refractivity contribution < 1.29 is 23.6 Å². The Bertz CT molecular complexity index is 813. The molecule has 1 atom stereocenters. The summed E-state index contributed by atoms with van der Waals surface area (Å²) in [6.45, 7) is -0.180. The average Bonchev–Trinajstić information content (AvgIpc) is 3.15. The van der Waals surface area contributed by atoms with Gasteiger partial charge < -0.3 is 9.57 Å². The molecule has 28 heavy (non-hydrogen) atoms.